The lowest BCUT2D eigenvalue weighted by Gasteiger charge is -2.36. The van der Waals surface area contributed by atoms with Crippen LogP contribution < -0.4 is 24.2 Å². The first-order valence-electron chi connectivity index (χ1n) is 20.0. The fourth-order valence-corrected chi connectivity index (χ4v) is 8.84. The number of aromatic nitrogens is 6. The monoisotopic (exact) mass is 981 g/mol. The van der Waals surface area contributed by atoms with Gasteiger partial charge in [-0.25, -0.2) is 19.3 Å². The molecular formula is C42H46Cl2IN11O5. The zero-order valence-electron chi connectivity index (χ0n) is 33.9. The van der Waals surface area contributed by atoms with Gasteiger partial charge in [0.15, 0.2) is 17.1 Å². The zero-order valence-corrected chi connectivity index (χ0v) is 37.6. The molecule has 3 fully saturated rings. The second kappa shape index (κ2) is 19.3. The van der Waals surface area contributed by atoms with Crippen LogP contribution in [0.2, 0.25) is 10.0 Å². The molecule has 0 N–H and O–H groups in total. The molecule has 61 heavy (non-hydrogen) atoms. The highest BCUT2D eigenvalue weighted by molar-refractivity contribution is 14.1. The predicted octanol–water partition coefficient (Wildman–Crippen LogP) is 5.33. The number of ether oxygens (including phenoxy) is 3. The van der Waals surface area contributed by atoms with Gasteiger partial charge in [0, 0.05) is 101 Å². The lowest BCUT2D eigenvalue weighted by Crippen LogP contribution is -2.49. The van der Waals surface area contributed by atoms with Gasteiger partial charge in [-0.3, -0.25) is 9.59 Å². The van der Waals surface area contributed by atoms with Crippen molar-refractivity contribution >= 4 is 96.9 Å². The van der Waals surface area contributed by atoms with Crippen molar-refractivity contribution in [1.29, 1.82) is 0 Å². The van der Waals surface area contributed by atoms with Crippen molar-refractivity contribution in [3.63, 3.8) is 0 Å². The van der Waals surface area contributed by atoms with E-state index in [1.807, 2.05) is 70.5 Å². The molecule has 16 nitrogen and oxygen atoms in total. The molecule has 0 atom stereocenters. The molecule has 0 unspecified atom stereocenters. The SMILES string of the molecule is COc1cc(N2CCN(C(=O)Cn3nc(I)c4cccnc43)CC2)ccc1Cl.COc1cc(N2CCN(C(=O)Cn3nc(N4CCOCC4)c4cccnc43)CC2)ccc1Cl. The topological polar surface area (TPSA) is 139 Å². The number of amides is 2. The lowest BCUT2D eigenvalue weighted by molar-refractivity contribution is -0.133. The van der Waals surface area contributed by atoms with Crippen molar-refractivity contribution < 1.29 is 23.8 Å². The largest absolute Gasteiger partial charge is 0.495 e. The molecule has 3 aliphatic heterocycles. The molecule has 3 saturated heterocycles. The molecule has 7 heterocycles. The van der Waals surface area contributed by atoms with Crippen LogP contribution in [0.25, 0.3) is 22.1 Å². The maximum atomic E-state index is 13.1. The predicted molar refractivity (Wildman–Crippen MR) is 244 cm³/mol. The third kappa shape index (κ3) is 9.54. The number of methoxy groups -OCH3 is 2. The molecule has 0 bridgehead atoms. The van der Waals surface area contributed by atoms with Crippen molar-refractivity contribution in [2.45, 2.75) is 13.1 Å². The molecule has 0 aliphatic carbocycles. The lowest BCUT2D eigenvalue weighted by atomic mass is 10.2. The Balaban J connectivity index is 0.000000171. The molecule has 320 valence electrons. The summed E-state index contributed by atoms with van der Waals surface area (Å²) < 4.78 is 20.4. The van der Waals surface area contributed by atoms with Crippen molar-refractivity contribution in [3.05, 3.63) is 86.8 Å². The maximum absolute atomic E-state index is 13.1. The third-order valence-corrected chi connectivity index (χ3v) is 12.5. The second-order valence-electron chi connectivity index (χ2n) is 14.7. The molecule has 19 heteroatoms. The second-order valence-corrected chi connectivity index (χ2v) is 16.5. The first-order valence-corrected chi connectivity index (χ1v) is 21.9. The number of halogens is 3. The Labute approximate surface area is 377 Å². The van der Waals surface area contributed by atoms with Gasteiger partial charge in [0.25, 0.3) is 0 Å². The number of piperazine rings is 2. The minimum absolute atomic E-state index is 0.0481. The van der Waals surface area contributed by atoms with Gasteiger partial charge in [0.1, 0.15) is 28.3 Å². The normalized spacial score (nSPS) is 15.9. The highest BCUT2D eigenvalue weighted by Gasteiger charge is 2.26. The van der Waals surface area contributed by atoms with Crippen molar-refractivity contribution in [1.82, 2.24) is 39.3 Å². The van der Waals surface area contributed by atoms with Crippen LogP contribution in [0.15, 0.2) is 73.1 Å². The van der Waals surface area contributed by atoms with Crippen molar-refractivity contribution in [3.8, 4) is 11.5 Å². The van der Waals surface area contributed by atoms with E-state index in [1.54, 1.807) is 36.0 Å². The Morgan fingerprint density at radius 2 is 1.11 bits per heavy atom. The standard InChI is InChI=1S/C23H27ClN6O3.C19H19ClIN5O2/c1-32-20-15-17(4-5-19(20)24)27-7-9-28(10-8-27)21(31)16-30-22-18(3-2-6-25-22)23(26-30)29-11-13-33-14-12-29;1-28-16-11-13(4-5-15(16)20)24-7-9-25(10-8-24)17(27)12-26-19-14(18(21)23-26)3-2-6-22-19/h2-6,15H,7-14,16H2,1H3;2-6,11H,7-10,12H2,1H3. The van der Waals surface area contributed by atoms with Gasteiger partial charge in [-0.15, -0.1) is 0 Å². The molecule has 4 aromatic heterocycles. The Hall–Kier alpha value is -5.11. The summed E-state index contributed by atoms with van der Waals surface area (Å²) in [5.41, 5.74) is 3.57. The average Bonchev–Trinajstić information content (AvgIpc) is 3.83. The third-order valence-electron chi connectivity index (χ3n) is 11.1. The number of nitrogens with zero attached hydrogens (tertiary/aromatic N) is 11. The van der Waals surface area contributed by atoms with Crippen LogP contribution in [0.5, 0.6) is 11.5 Å². The van der Waals surface area contributed by atoms with Gasteiger partial charge in [0.2, 0.25) is 11.8 Å². The van der Waals surface area contributed by atoms with Gasteiger partial charge in [-0.05, 0) is 71.1 Å². The van der Waals surface area contributed by atoms with Crippen LogP contribution in [0.3, 0.4) is 0 Å². The number of hydrogen-bond donors (Lipinski definition) is 0. The zero-order chi connectivity index (χ0) is 42.5. The first kappa shape index (κ1) is 42.6. The number of benzene rings is 2. The average molecular weight is 983 g/mol. The molecule has 3 aliphatic rings. The number of carbonyl (C=O) groups excluding carboxylic acids is 2. The van der Waals surface area contributed by atoms with Crippen molar-refractivity contribution in [2.75, 3.05) is 108 Å². The number of fused-ring (bicyclic) bond motifs is 2. The number of hydrogen-bond acceptors (Lipinski definition) is 12. The van der Waals surface area contributed by atoms with E-state index in [4.69, 9.17) is 42.5 Å². The van der Waals surface area contributed by atoms with Gasteiger partial charge >= 0.3 is 0 Å². The first-order chi connectivity index (χ1) is 29.7. The van der Waals surface area contributed by atoms with Crippen LogP contribution in [-0.2, 0) is 27.4 Å². The molecule has 0 saturated carbocycles. The highest BCUT2D eigenvalue weighted by Crippen LogP contribution is 2.32. The Morgan fingerprint density at radius 3 is 1.62 bits per heavy atom. The summed E-state index contributed by atoms with van der Waals surface area (Å²) in [7, 11) is 3.22. The molecule has 0 spiro atoms. The summed E-state index contributed by atoms with van der Waals surface area (Å²) in [6, 6.07) is 19.3. The molecule has 0 radical (unpaired) electrons. The van der Waals surface area contributed by atoms with E-state index in [0.29, 0.717) is 60.9 Å². The fraction of sp³-hybridized carbons (Fsp3) is 0.381. The minimum atomic E-state index is 0.0481. The van der Waals surface area contributed by atoms with Gasteiger partial charge in [-0.2, -0.15) is 10.2 Å². The summed E-state index contributed by atoms with van der Waals surface area (Å²) in [4.78, 5) is 45.3. The molecule has 2 aromatic carbocycles. The van der Waals surface area contributed by atoms with Crippen molar-refractivity contribution in [2.24, 2.45) is 0 Å². The Morgan fingerprint density at radius 1 is 0.639 bits per heavy atom. The van der Waals surface area contributed by atoms with Crippen LogP contribution in [0.4, 0.5) is 17.2 Å². The Kier molecular flexibility index (Phi) is 13.5. The van der Waals surface area contributed by atoms with E-state index in [0.717, 1.165) is 82.2 Å². The van der Waals surface area contributed by atoms with Gasteiger partial charge in [0.05, 0.1) is 48.3 Å². The van der Waals surface area contributed by atoms with E-state index in [-0.39, 0.29) is 24.9 Å². The molecular weight excluding hydrogens is 936 g/mol. The summed E-state index contributed by atoms with van der Waals surface area (Å²) in [6.45, 7) is 8.91. The maximum Gasteiger partial charge on any atom is 0.244 e. The molecule has 9 rings (SSSR count). The van der Waals surface area contributed by atoms with Crippen LogP contribution in [0, 0.1) is 3.70 Å². The summed E-state index contributed by atoms with van der Waals surface area (Å²) >= 11 is 14.4. The quantitative estimate of drug-likeness (QED) is 0.173. The summed E-state index contributed by atoms with van der Waals surface area (Å²) in [5, 5.41) is 12.4. The Bertz CT molecular complexity index is 2500. The van der Waals surface area contributed by atoms with Crippen LogP contribution in [0.1, 0.15) is 0 Å². The molecule has 2 amide bonds. The van der Waals surface area contributed by atoms with E-state index >= 15 is 0 Å². The number of pyridine rings is 2. The summed E-state index contributed by atoms with van der Waals surface area (Å²) in [6.07, 6.45) is 3.47. The molecule has 6 aromatic rings. The van der Waals surface area contributed by atoms with E-state index in [1.165, 1.54) is 0 Å². The van der Waals surface area contributed by atoms with Crippen LogP contribution in [-0.4, -0.2) is 144 Å². The number of rotatable bonds is 9. The van der Waals surface area contributed by atoms with E-state index in [2.05, 4.69) is 52.4 Å². The van der Waals surface area contributed by atoms with E-state index < -0.39 is 0 Å². The van der Waals surface area contributed by atoms with Crippen LogP contribution >= 0.6 is 45.8 Å². The highest BCUT2D eigenvalue weighted by atomic mass is 127. The summed E-state index contributed by atoms with van der Waals surface area (Å²) in [5.74, 6) is 2.29. The fourth-order valence-electron chi connectivity index (χ4n) is 7.77. The minimum Gasteiger partial charge on any atom is -0.495 e. The van der Waals surface area contributed by atoms with Gasteiger partial charge in [-0.1, -0.05) is 23.2 Å². The van der Waals surface area contributed by atoms with E-state index in [9.17, 15) is 9.59 Å². The van der Waals surface area contributed by atoms with Gasteiger partial charge < -0.3 is 38.7 Å². The number of anilines is 3. The smallest absolute Gasteiger partial charge is 0.244 e. The number of morpholine rings is 1. The number of carbonyl (C=O) groups is 2.